The number of aryl methyl sites for hydroxylation is 2. The molecule has 0 amide bonds. The van der Waals surface area contributed by atoms with Crippen molar-refractivity contribution in [3.8, 4) is 0 Å². The number of ketones is 1. The first-order valence-electron chi connectivity index (χ1n) is 6.08. The molecule has 5 heteroatoms. The first kappa shape index (κ1) is 14.8. The lowest BCUT2D eigenvalue weighted by Crippen LogP contribution is -1.94. The minimum Gasteiger partial charge on any atom is -0.289 e. The van der Waals surface area contributed by atoms with Crippen LogP contribution in [0.4, 0.5) is 0 Å². The van der Waals surface area contributed by atoms with Crippen LogP contribution < -0.4 is 0 Å². The second kappa shape index (κ2) is 5.81. The van der Waals surface area contributed by atoms with E-state index < -0.39 is 0 Å². The molecule has 2 rings (SSSR count). The van der Waals surface area contributed by atoms with Crippen molar-refractivity contribution in [2.75, 3.05) is 0 Å². The van der Waals surface area contributed by atoms with Gasteiger partial charge in [-0.15, -0.1) is 0 Å². The topological polar surface area (TPSA) is 34.9 Å². The molecule has 0 aliphatic carbocycles. The lowest BCUT2D eigenvalue weighted by Gasteiger charge is -1.99. The predicted octanol–water partition coefficient (Wildman–Crippen LogP) is 4.24. The molecule has 0 saturated heterocycles. The summed E-state index contributed by atoms with van der Waals surface area (Å²) < 4.78 is 1.79. The highest BCUT2D eigenvalue weighted by atomic mass is 35.5. The van der Waals surface area contributed by atoms with Gasteiger partial charge in [0.15, 0.2) is 5.78 Å². The summed E-state index contributed by atoms with van der Waals surface area (Å²) in [6.07, 6.45) is 3.30. The van der Waals surface area contributed by atoms with Gasteiger partial charge in [-0.2, -0.15) is 5.10 Å². The zero-order valence-corrected chi connectivity index (χ0v) is 13.0. The summed E-state index contributed by atoms with van der Waals surface area (Å²) in [5.41, 5.74) is 3.37. The number of rotatable bonds is 3. The Kier molecular flexibility index (Phi) is 4.31. The number of nitrogens with zero attached hydrogens (tertiary/aromatic N) is 2. The van der Waals surface area contributed by atoms with Crippen LogP contribution in [0.15, 0.2) is 24.3 Å². The number of aromatic nitrogens is 2. The molecule has 0 fully saturated rings. The molecule has 3 nitrogen and oxygen atoms in total. The van der Waals surface area contributed by atoms with Gasteiger partial charge in [0, 0.05) is 23.9 Å². The molecular formula is C15H14Cl2N2O. The van der Waals surface area contributed by atoms with Crippen molar-refractivity contribution in [1.29, 1.82) is 0 Å². The lowest BCUT2D eigenvalue weighted by molar-refractivity contribution is 0.104. The average Bonchev–Trinajstić information content (AvgIpc) is 2.64. The summed E-state index contributed by atoms with van der Waals surface area (Å²) in [4.78, 5) is 12.1. The zero-order chi connectivity index (χ0) is 14.9. The minimum absolute atomic E-state index is 0.119. The molecule has 0 bridgehead atoms. The van der Waals surface area contributed by atoms with Crippen LogP contribution in [0.1, 0.15) is 27.3 Å². The van der Waals surface area contributed by atoms with E-state index in [0.717, 1.165) is 17.0 Å². The molecule has 1 aromatic carbocycles. The van der Waals surface area contributed by atoms with Crippen LogP contribution in [0.2, 0.25) is 10.0 Å². The van der Waals surface area contributed by atoms with Crippen LogP contribution in [0.25, 0.3) is 6.08 Å². The maximum atomic E-state index is 12.1. The Balaban J connectivity index is 2.27. The number of hydrogen-bond donors (Lipinski definition) is 0. The molecule has 0 spiro atoms. The molecule has 0 aliphatic heterocycles. The van der Waals surface area contributed by atoms with E-state index in [0.29, 0.717) is 15.6 Å². The van der Waals surface area contributed by atoms with Crippen LogP contribution in [0.5, 0.6) is 0 Å². The molecule has 0 N–H and O–H groups in total. The standard InChI is InChI=1S/C15H14Cl2N2O/c1-9-12(10(2)19(3)18-9)5-7-15(20)11-4-6-13(16)14(17)8-11/h4-8H,1-3H3/b7-5+. The van der Waals surface area contributed by atoms with Crippen LogP contribution in [-0.2, 0) is 7.05 Å². The fourth-order valence-electron chi connectivity index (χ4n) is 1.94. The van der Waals surface area contributed by atoms with E-state index in [-0.39, 0.29) is 5.78 Å². The molecule has 0 unspecified atom stereocenters. The molecule has 1 aromatic heterocycles. The molecule has 2 aromatic rings. The van der Waals surface area contributed by atoms with Crippen molar-refractivity contribution in [2.24, 2.45) is 7.05 Å². The molecule has 0 atom stereocenters. The normalized spacial score (nSPS) is 11.2. The van der Waals surface area contributed by atoms with Gasteiger partial charge in [-0.1, -0.05) is 23.2 Å². The average molecular weight is 309 g/mol. The van der Waals surface area contributed by atoms with E-state index in [2.05, 4.69) is 5.10 Å². The first-order valence-corrected chi connectivity index (χ1v) is 6.83. The van der Waals surface area contributed by atoms with E-state index in [4.69, 9.17) is 23.2 Å². The summed E-state index contributed by atoms with van der Waals surface area (Å²) in [6, 6.07) is 4.84. The molecule has 0 aliphatic rings. The van der Waals surface area contributed by atoms with Crippen molar-refractivity contribution in [3.63, 3.8) is 0 Å². The second-order valence-electron chi connectivity index (χ2n) is 4.53. The highest BCUT2D eigenvalue weighted by Gasteiger charge is 2.08. The third-order valence-electron chi connectivity index (χ3n) is 3.17. The third-order valence-corrected chi connectivity index (χ3v) is 3.91. The molecule has 1 heterocycles. The van der Waals surface area contributed by atoms with Gasteiger partial charge in [0.05, 0.1) is 15.7 Å². The fourth-order valence-corrected chi connectivity index (χ4v) is 2.23. The maximum absolute atomic E-state index is 12.1. The number of allylic oxidation sites excluding steroid dienone is 1. The van der Waals surface area contributed by atoms with Gasteiger partial charge in [0.25, 0.3) is 0 Å². The van der Waals surface area contributed by atoms with Crippen LogP contribution >= 0.6 is 23.2 Å². The Bertz CT molecular complexity index is 702. The van der Waals surface area contributed by atoms with Crippen LogP contribution in [0.3, 0.4) is 0 Å². The fraction of sp³-hybridized carbons (Fsp3) is 0.200. The second-order valence-corrected chi connectivity index (χ2v) is 5.35. The van der Waals surface area contributed by atoms with Gasteiger partial charge in [0.2, 0.25) is 0 Å². The number of halogens is 2. The van der Waals surface area contributed by atoms with Crippen molar-refractivity contribution in [2.45, 2.75) is 13.8 Å². The number of carbonyl (C=O) groups excluding carboxylic acids is 1. The van der Waals surface area contributed by atoms with E-state index in [9.17, 15) is 4.79 Å². The van der Waals surface area contributed by atoms with Crippen LogP contribution in [-0.4, -0.2) is 15.6 Å². The van der Waals surface area contributed by atoms with E-state index >= 15 is 0 Å². The number of carbonyl (C=O) groups is 1. The Morgan fingerprint density at radius 3 is 2.50 bits per heavy atom. The van der Waals surface area contributed by atoms with E-state index in [1.807, 2.05) is 20.9 Å². The zero-order valence-electron chi connectivity index (χ0n) is 11.4. The van der Waals surface area contributed by atoms with Crippen molar-refractivity contribution in [1.82, 2.24) is 9.78 Å². The van der Waals surface area contributed by atoms with Crippen LogP contribution in [0, 0.1) is 13.8 Å². The summed E-state index contributed by atoms with van der Waals surface area (Å²) in [5.74, 6) is -0.119. The van der Waals surface area contributed by atoms with Gasteiger partial charge >= 0.3 is 0 Å². The summed E-state index contributed by atoms with van der Waals surface area (Å²) in [5, 5.41) is 5.11. The Morgan fingerprint density at radius 1 is 1.25 bits per heavy atom. The van der Waals surface area contributed by atoms with E-state index in [1.165, 1.54) is 6.08 Å². The molecule has 104 valence electrons. The largest absolute Gasteiger partial charge is 0.289 e. The third kappa shape index (κ3) is 2.94. The van der Waals surface area contributed by atoms with Crippen molar-refractivity contribution in [3.05, 3.63) is 56.8 Å². The van der Waals surface area contributed by atoms with Gasteiger partial charge in [0.1, 0.15) is 0 Å². The Morgan fingerprint density at radius 2 is 1.95 bits per heavy atom. The van der Waals surface area contributed by atoms with E-state index in [1.54, 1.807) is 29.0 Å². The smallest absolute Gasteiger partial charge is 0.185 e. The SMILES string of the molecule is Cc1nn(C)c(C)c1/C=C/C(=O)c1ccc(Cl)c(Cl)c1. The maximum Gasteiger partial charge on any atom is 0.185 e. The molecule has 20 heavy (non-hydrogen) atoms. The number of benzene rings is 1. The first-order chi connectivity index (χ1) is 9.40. The predicted molar refractivity (Wildman–Crippen MR) is 82.5 cm³/mol. The van der Waals surface area contributed by atoms with Crippen molar-refractivity contribution >= 4 is 35.1 Å². The summed E-state index contributed by atoms with van der Waals surface area (Å²) >= 11 is 11.7. The van der Waals surface area contributed by atoms with Crippen molar-refractivity contribution < 1.29 is 4.79 Å². The van der Waals surface area contributed by atoms with Gasteiger partial charge in [-0.05, 0) is 44.2 Å². The van der Waals surface area contributed by atoms with Gasteiger partial charge in [-0.25, -0.2) is 0 Å². The lowest BCUT2D eigenvalue weighted by atomic mass is 10.1. The monoisotopic (exact) mass is 308 g/mol. The summed E-state index contributed by atoms with van der Waals surface area (Å²) in [7, 11) is 1.88. The summed E-state index contributed by atoms with van der Waals surface area (Å²) in [6.45, 7) is 3.87. The minimum atomic E-state index is -0.119. The quantitative estimate of drug-likeness (QED) is 0.628. The highest BCUT2D eigenvalue weighted by molar-refractivity contribution is 6.42. The Hall–Kier alpha value is -1.58. The van der Waals surface area contributed by atoms with Gasteiger partial charge < -0.3 is 0 Å². The highest BCUT2D eigenvalue weighted by Crippen LogP contribution is 2.23. The van der Waals surface area contributed by atoms with Gasteiger partial charge in [-0.3, -0.25) is 9.48 Å². The Labute approximate surface area is 127 Å². The molecular weight excluding hydrogens is 295 g/mol. The molecule has 0 radical (unpaired) electrons. The molecule has 0 saturated carbocycles. The number of hydrogen-bond acceptors (Lipinski definition) is 2.